The molecule has 3 aliphatic rings. The van der Waals surface area contributed by atoms with E-state index in [1.165, 1.54) is 42.5 Å². The minimum absolute atomic E-state index is 0.378. The van der Waals surface area contributed by atoms with Crippen LogP contribution in [0.1, 0.15) is 36.8 Å². The highest BCUT2D eigenvalue weighted by molar-refractivity contribution is 6.07. The fraction of sp³-hybridized carbons (Fsp3) is 0.562. The first-order valence-corrected chi connectivity index (χ1v) is 7.19. The van der Waals surface area contributed by atoms with Gasteiger partial charge in [0, 0.05) is 23.7 Å². The van der Waals surface area contributed by atoms with Crippen molar-refractivity contribution in [1.82, 2.24) is 0 Å². The van der Waals surface area contributed by atoms with Gasteiger partial charge in [0.1, 0.15) is 5.75 Å². The molecule has 0 spiro atoms. The van der Waals surface area contributed by atoms with E-state index in [1.807, 2.05) is 12.1 Å². The number of phenolic OH excluding ortho intramolecular Hbond substituents is 1. The lowest BCUT2D eigenvalue weighted by molar-refractivity contribution is 0.193. The topological polar surface area (TPSA) is 32.6 Å². The van der Waals surface area contributed by atoms with E-state index in [-0.39, 0.29) is 0 Å². The maximum atomic E-state index is 9.66. The molecule has 1 saturated carbocycles. The summed E-state index contributed by atoms with van der Waals surface area (Å²) in [4.78, 5) is 4.86. The largest absolute Gasteiger partial charge is 0.508 e. The molecule has 1 heterocycles. The van der Waals surface area contributed by atoms with E-state index >= 15 is 0 Å². The predicted octanol–water partition coefficient (Wildman–Crippen LogP) is 3.17. The van der Waals surface area contributed by atoms with Crippen LogP contribution in [-0.4, -0.2) is 17.4 Å². The minimum Gasteiger partial charge on any atom is -0.508 e. The molecule has 1 fully saturated rings. The lowest BCUT2D eigenvalue weighted by Crippen LogP contribution is -2.36. The Labute approximate surface area is 108 Å². The normalized spacial score (nSPS) is 33.3. The van der Waals surface area contributed by atoms with Gasteiger partial charge in [-0.2, -0.15) is 0 Å². The molecule has 1 aromatic carbocycles. The molecule has 3 unspecified atom stereocenters. The number of nitrogens with zero attached hydrogens (tertiary/aromatic N) is 1. The van der Waals surface area contributed by atoms with E-state index in [1.54, 1.807) is 0 Å². The van der Waals surface area contributed by atoms with Gasteiger partial charge in [-0.05, 0) is 48.8 Å². The van der Waals surface area contributed by atoms with Crippen LogP contribution in [0.25, 0.3) is 0 Å². The highest BCUT2D eigenvalue weighted by atomic mass is 16.3. The van der Waals surface area contributed by atoms with Crippen molar-refractivity contribution in [2.75, 3.05) is 6.54 Å². The quantitative estimate of drug-likeness (QED) is 0.743. The highest BCUT2D eigenvalue weighted by Crippen LogP contribution is 2.45. The van der Waals surface area contributed by atoms with E-state index in [0.717, 1.165) is 24.8 Å². The Bertz CT molecular complexity index is 520. The summed E-state index contributed by atoms with van der Waals surface area (Å²) in [5, 5.41) is 9.66. The van der Waals surface area contributed by atoms with Gasteiger partial charge >= 0.3 is 0 Å². The molecular formula is C16H19NO. The van der Waals surface area contributed by atoms with Crippen molar-refractivity contribution in [3.63, 3.8) is 0 Å². The summed E-state index contributed by atoms with van der Waals surface area (Å²) < 4.78 is 0. The van der Waals surface area contributed by atoms with Gasteiger partial charge in [-0.1, -0.05) is 18.9 Å². The zero-order valence-corrected chi connectivity index (χ0v) is 10.6. The first kappa shape index (κ1) is 10.6. The number of phenols is 1. The lowest BCUT2D eigenvalue weighted by Gasteiger charge is -2.38. The summed E-state index contributed by atoms with van der Waals surface area (Å²) in [6.45, 7) is 1.02. The number of rotatable bonds is 0. The smallest absolute Gasteiger partial charge is 0.116 e. The van der Waals surface area contributed by atoms with Crippen molar-refractivity contribution >= 4 is 5.71 Å². The van der Waals surface area contributed by atoms with E-state index in [0.29, 0.717) is 11.7 Å². The monoisotopic (exact) mass is 241 g/mol. The van der Waals surface area contributed by atoms with Gasteiger partial charge in [-0.15, -0.1) is 0 Å². The zero-order valence-electron chi connectivity index (χ0n) is 10.6. The van der Waals surface area contributed by atoms with Crippen molar-refractivity contribution in [1.29, 1.82) is 0 Å². The highest BCUT2D eigenvalue weighted by Gasteiger charge is 2.41. The molecule has 1 aromatic rings. The number of aliphatic imine (C=N–C) groups is 1. The average molecular weight is 241 g/mol. The summed E-state index contributed by atoms with van der Waals surface area (Å²) >= 11 is 0. The van der Waals surface area contributed by atoms with E-state index in [4.69, 9.17) is 4.99 Å². The fourth-order valence-electron chi connectivity index (χ4n) is 4.28. The summed E-state index contributed by atoms with van der Waals surface area (Å²) in [7, 11) is 0. The first-order chi connectivity index (χ1) is 8.83. The van der Waals surface area contributed by atoms with Crippen LogP contribution in [0.2, 0.25) is 0 Å². The lowest BCUT2D eigenvalue weighted by atomic mass is 9.69. The molecule has 3 atom stereocenters. The molecule has 2 aliphatic carbocycles. The molecule has 1 N–H and O–H groups in total. The molecule has 1 aliphatic heterocycles. The van der Waals surface area contributed by atoms with Crippen LogP contribution in [0.15, 0.2) is 23.2 Å². The second-order valence-corrected chi connectivity index (χ2v) is 6.09. The maximum Gasteiger partial charge on any atom is 0.116 e. The van der Waals surface area contributed by atoms with Crippen molar-refractivity contribution in [3.05, 3.63) is 29.3 Å². The summed E-state index contributed by atoms with van der Waals surface area (Å²) in [5.74, 6) is 2.69. The Kier molecular flexibility index (Phi) is 2.26. The second kappa shape index (κ2) is 3.84. The minimum atomic E-state index is 0.378. The van der Waals surface area contributed by atoms with Crippen LogP contribution in [0.5, 0.6) is 5.75 Å². The van der Waals surface area contributed by atoms with Crippen LogP contribution >= 0.6 is 0 Å². The third-order valence-corrected chi connectivity index (χ3v) is 5.14. The predicted molar refractivity (Wildman–Crippen MR) is 72.2 cm³/mol. The standard InChI is InChI=1S/C16H19NO/c18-12-6-5-10-7-15-13-4-2-1-3-11(13)9-17-16(15)14(10)8-12/h5-6,8,11,13,15,18H,1-4,7,9H2. The van der Waals surface area contributed by atoms with Gasteiger partial charge in [-0.3, -0.25) is 4.99 Å². The number of aromatic hydroxyl groups is 1. The van der Waals surface area contributed by atoms with Gasteiger partial charge in [0.15, 0.2) is 0 Å². The molecular weight excluding hydrogens is 222 g/mol. The molecule has 94 valence electrons. The van der Waals surface area contributed by atoms with Crippen molar-refractivity contribution in [3.8, 4) is 5.75 Å². The van der Waals surface area contributed by atoms with Crippen LogP contribution in [0, 0.1) is 17.8 Å². The van der Waals surface area contributed by atoms with Gasteiger partial charge in [0.05, 0.1) is 0 Å². The first-order valence-electron chi connectivity index (χ1n) is 7.19. The van der Waals surface area contributed by atoms with Crippen molar-refractivity contribution in [2.45, 2.75) is 32.1 Å². The Morgan fingerprint density at radius 1 is 1.17 bits per heavy atom. The molecule has 0 radical (unpaired) electrons. The summed E-state index contributed by atoms with van der Waals surface area (Å²) in [6.07, 6.45) is 6.70. The molecule has 4 rings (SSSR count). The summed E-state index contributed by atoms with van der Waals surface area (Å²) in [5.41, 5.74) is 3.91. The van der Waals surface area contributed by atoms with Gasteiger partial charge in [-0.25, -0.2) is 0 Å². The van der Waals surface area contributed by atoms with Crippen molar-refractivity contribution < 1.29 is 5.11 Å². The molecule has 0 aromatic heterocycles. The molecule has 2 heteroatoms. The SMILES string of the molecule is Oc1ccc2c(c1)C1=NCC3CCCCC3C1C2. The molecule has 18 heavy (non-hydrogen) atoms. The van der Waals surface area contributed by atoms with Gasteiger partial charge in [0.2, 0.25) is 0 Å². The number of benzene rings is 1. The average Bonchev–Trinajstić information content (AvgIpc) is 2.77. The van der Waals surface area contributed by atoms with Crippen LogP contribution < -0.4 is 0 Å². The van der Waals surface area contributed by atoms with Crippen molar-refractivity contribution in [2.24, 2.45) is 22.7 Å². The van der Waals surface area contributed by atoms with E-state index in [9.17, 15) is 5.11 Å². The molecule has 0 saturated heterocycles. The fourth-order valence-corrected chi connectivity index (χ4v) is 4.28. The van der Waals surface area contributed by atoms with Crippen LogP contribution in [0.4, 0.5) is 0 Å². The zero-order chi connectivity index (χ0) is 12.1. The Hall–Kier alpha value is -1.31. The maximum absolute atomic E-state index is 9.66. The number of fused-ring (bicyclic) bond motifs is 5. The Balaban J connectivity index is 1.76. The Morgan fingerprint density at radius 2 is 2.06 bits per heavy atom. The number of hydrogen-bond acceptors (Lipinski definition) is 2. The third-order valence-electron chi connectivity index (χ3n) is 5.14. The molecule has 2 nitrogen and oxygen atoms in total. The van der Waals surface area contributed by atoms with E-state index in [2.05, 4.69) is 6.07 Å². The van der Waals surface area contributed by atoms with Gasteiger partial charge < -0.3 is 5.11 Å². The number of hydrogen-bond donors (Lipinski definition) is 1. The molecule has 0 bridgehead atoms. The second-order valence-electron chi connectivity index (χ2n) is 6.09. The summed E-state index contributed by atoms with van der Waals surface area (Å²) in [6, 6.07) is 5.82. The van der Waals surface area contributed by atoms with E-state index < -0.39 is 0 Å². The molecule has 0 amide bonds. The Morgan fingerprint density at radius 3 is 3.00 bits per heavy atom. The van der Waals surface area contributed by atoms with Crippen LogP contribution in [0.3, 0.4) is 0 Å². The third kappa shape index (κ3) is 1.44. The van der Waals surface area contributed by atoms with Gasteiger partial charge in [0.25, 0.3) is 0 Å². The van der Waals surface area contributed by atoms with Crippen LogP contribution in [-0.2, 0) is 6.42 Å².